The number of hydrogen-bond donors (Lipinski definition) is 1. The van der Waals surface area contributed by atoms with Crippen LogP contribution >= 0.6 is 0 Å². The molecule has 0 atom stereocenters. The van der Waals surface area contributed by atoms with Gasteiger partial charge in [0.25, 0.3) is 0 Å². The first-order valence-corrected chi connectivity index (χ1v) is 4.89. The van der Waals surface area contributed by atoms with E-state index in [-0.39, 0.29) is 0 Å². The summed E-state index contributed by atoms with van der Waals surface area (Å²) in [6, 6.07) is 5.30. The molecule has 4 heteroatoms. The van der Waals surface area contributed by atoms with Gasteiger partial charge in [-0.2, -0.15) is 0 Å². The first kappa shape index (κ1) is 10.5. The lowest BCUT2D eigenvalue weighted by atomic mass is 10.2. The van der Waals surface area contributed by atoms with Gasteiger partial charge in [-0.1, -0.05) is 6.07 Å². The Labute approximate surface area is 93.1 Å². The second-order valence-corrected chi connectivity index (χ2v) is 3.98. The fourth-order valence-corrected chi connectivity index (χ4v) is 1.51. The van der Waals surface area contributed by atoms with E-state index in [1.807, 2.05) is 13.8 Å². The highest BCUT2D eigenvalue weighted by molar-refractivity contribution is 5.85. The van der Waals surface area contributed by atoms with Gasteiger partial charge in [0.2, 0.25) is 5.79 Å². The van der Waals surface area contributed by atoms with Crippen molar-refractivity contribution < 1.29 is 19.4 Å². The molecule has 0 spiro atoms. The lowest BCUT2D eigenvalue weighted by Crippen LogP contribution is -2.29. The Bertz CT molecular complexity index is 460. The maximum atomic E-state index is 10.4. The Hall–Kier alpha value is -1.97. The van der Waals surface area contributed by atoms with Crippen LogP contribution in [0.25, 0.3) is 6.08 Å². The van der Waals surface area contributed by atoms with Crippen LogP contribution in [0.3, 0.4) is 0 Å². The third kappa shape index (κ3) is 2.16. The van der Waals surface area contributed by atoms with Crippen LogP contribution in [0.4, 0.5) is 0 Å². The molecule has 1 N–H and O–H groups in total. The Morgan fingerprint density at radius 1 is 1.31 bits per heavy atom. The highest BCUT2D eigenvalue weighted by atomic mass is 16.7. The molecular weight excluding hydrogens is 208 g/mol. The van der Waals surface area contributed by atoms with Gasteiger partial charge in [0, 0.05) is 19.9 Å². The number of ether oxygens (including phenoxy) is 2. The van der Waals surface area contributed by atoms with Gasteiger partial charge in [0.15, 0.2) is 11.5 Å². The van der Waals surface area contributed by atoms with Gasteiger partial charge in [-0.3, -0.25) is 0 Å². The summed E-state index contributed by atoms with van der Waals surface area (Å²) < 4.78 is 11.1. The zero-order valence-corrected chi connectivity index (χ0v) is 9.06. The second-order valence-electron chi connectivity index (χ2n) is 3.98. The average Bonchev–Trinajstić information content (AvgIpc) is 2.47. The minimum absolute atomic E-state index is 0.637. The van der Waals surface area contributed by atoms with Crippen LogP contribution in [-0.4, -0.2) is 16.9 Å². The summed E-state index contributed by atoms with van der Waals surface area (Å²) in [7, 11) is 0. The van der Waals surface area contributed by atoms with E-state index in [0.717, 1.165) is 11.6 Å². The number of aliphatic carboxylic acids is 1. The standard InChI is InChI=1S/C12H12O4/c1-12(2)15-9-5-3-8(4-6-11(13)14)7-10(9)16-12/h3-7H,1-2H3,(H,13,14)/b6-4+. The molecule has 1 aromatic rings. The largest absolute Gasteiger partial charge is 0.478 e. The van der Waals surface area contributed by atoms with Crippen molar-refractivity contribution in [3.05, 3.63) is 29.8 Å². The van der Waals surface area contributed by atoms with Crippen molar-refractivity contribution in [3.63, 3.8) is 0 Å². The molecule has 0 fully saturated rings. The molecule has 0 bridgehead atoms. The molecule has 2 rings (SSSR count). The number of carboxylic acids is 1. The molecule has 0 radical (unpaired) electrons. The fourth-order valence-electron chi connectivity index (χ4n) is 1.51. The highest BCUT2D eigenvalue weighted by Gasteiger charge is 2.31. The van der Waals surface area contributed by atoms with Crippen LogP contribution in [-0.2, 0) is 4.79 Å². The quantitative estimate of drug-likeness (QED) is 0.777. The normalized spacial score (nSPS) is 16.6. The molecule has 0 saturated heterocycles. The number of carboxylic acid groups (broad SMARTS) is 1. The number of carbonyl (C=O) groups is 1. The molecule has 0 unspecified atom stereocenters. The van der Waals surface area contributed by atoms with Crippen LogP contribution < -0.4 is 9.47 Å². The van der Waals surface area contributed by atoms with Crippen molar-refractivity contribution in [2.75, 3.05) is 0 Å². The van der Waals surface area contributed by atoms with Crippen molar-refractivity contribution in [3.8, 4) is 11.5 Å². The van der Waals surface area contributed by atoms with E-state index in [9.17, 15) is 4.79 Å². The molecule has 1 aliphatic heterocycles. The van der Waals surface area contributed by atoms with E-state index in [1.54, 1.807) is 18.2 Å². The zero-order chi connectivity index (χ0) is 11.8. The van der Waals surface area contributed by atoms with Gasteiger partial charge >= 0.3 is 5.97 Å². The number of hydrogen-bond acceptors (Lipinski definition) is 3. The summed E-state index contributed by atoms with van der Waals surface area (Å²) in [6.07, 6.45) is 2.60. The maximum absolute atomic E-state index is 10.4. The highest BCUT2D eigenvalue weighted by Crippen LogP contribution is 2.39. The van der Waals surface area contributed by atoms with E-state index >= 15 is 0 Å². The molecule has 16 heavy (non-hydrogen) atoms. The average molecular weight is 220 g/mol. The second kappa shape index (κ2) is 3.56. The van der Waals surface area contributed by atoms with Crippen LogP contribution in [0.1, 0.15) is 19.4 Å². The summed E-state index contributed by atoms with van der Waals surface area (Å²) in [6.45, 7) is 3.64. The maximum Gasteiger partial charge on any atom is 0.328 e. The molecule has 0 aromatic heterocycles. The number of rotatable bonds is 2. The Balaban J connectivity index is 2.26. The summed E-state index contributed by atoms with van der Waals surface area (Å²) >= 11 is 0. The van der Waals surface area contributed by atoms with Gasteiger partial charge in [-0.15, -0.1) is 0 Å². The molecule has 0 saturated carbocycles. The van der Waals surface area contributed by atoms with Crippen LogP contribution in [0.15, 0.2) is 24.3 Å². The minimum atomic E-state index is -0.974. The topological polar surface area (TPSA) is 55.8 Å². The summed E-state index contributed by atoms with van der Waals surface area (Å²) in [5, 5.41) is 8.51. The van der Waals surface area contributed by atoms with Gasteiger partial charge in [-0.05, 0) is 23.8 Å². The van der Waals surface area contributed by atoms with E-state index in [2.05, 4.69) is 0 Å². The Morgan fingerprint density at radius 2 is 2.00 bits per heavy atom. The number of fused-ring (bicyclic) bond motifs is 1. The van der Waals surface area contributed by atoms with E-state index in [0.29, 0.717) is 11.5 Å². The summed E-state index contributed by atoms with van der Waals surface area (Å²) in [4.78, 5) is 10.4. The first-order chi connectivity index (χ1) is 7.46. The van der Waals surface area contributed by atoms with Crippen LogP contribution in [0, 0.1) is 0 Å². The third-order valence-corrected chi connectivity index (χ3v) is 2.10. The molecule has 1 aliphatic rings. The van der Waals surface area contributed by atoms with Crippen molar-refractivity contribution in [1.29, 1.82) is 0 Å². The predicted octanol–water partition coefficient (Wildman–Crippen LogP) is 2.29. The zero-order valence-electron chi connectivity index (χ0n) is 9.06. The minimum Gasteiger partial charge on any atom is -0.478 e. The Kier molecular flexibility index (Phi) is 2.34. The number of benzene rings is 1. The lowest BCUT2D eigenvalue weighted by Gasteiger charge is -2.16. The van der Waals surface area contributed by atoms with Crippen molar-refractivity contribution in [2.24, 2.45) is 0 Å². The van der Waals surface area contributed by atoms with Crippen molar-refractivity contribution in [1.82, 2.24) is 0 Å². The smallest absolute Gasteiger partial charge is 0.328 e. The summed E-state index contributed by atoms with van der Waals surface area (Å²) in [5.74, 6) is -0.315. The Morgan fingerprint density at radius 3 is 2.69 bits per heavy atom. The molecule has 0 aliphatic carbocycles. The first-order valence-electron chi connectivity index (χ1n) is 4.89. The van der Waals surface area contributed by atoms with E-state index in [1.165, 1.54) is 6.08 Å². The fraction of sp³-hybridized carbons (Fsp3) is 0.250. The molecular formula is C12H12O4. The van der Waals surface area contributed by atoms with Crippen LogP contribution in [0.2, 0.25) is 0 Å². The van der Waals surface area contributed by atoms with Gasteiger partial charge in [0.1, 0.15) is 0 Å². The van der Waals surface area contributed by atoms with E-state index in [4.69, 9.17) is 14.6 Å². The van der Waals surface area contributed by atoms with Crippen LogP contribution in [0.5, 0.6) is 11.5 Å². The molecule has 1 aromatic carbocycles. The lowest BCUT2D eigenvalue weighted by molar-refractivity contribution is -0.131. The molecule has 0 amide bonds. The molecule has 1 heterocycles. The molecule has 4 nitrogen and oxygen atoms in total. The van der Waals surface area contributed by atoms with Gasteiger partial charge in [0.05, 0.1) is 0 Å². The monoisotopic (exact) mass is 220 g/mol. The van der Waals surface area contributed by atoms with Gasteiger partial charge in [-0.25, -0.2) is 4.79 Å². The van der Waals surface area contributed by atoms with Crippen molar-refractivity contribution in [2.45, 2.75) is 19.6 Å². The summed E-state index contributed by atoms with van der Waals surface area (Å²) in [5.41, 5.74) is 0.766. The predicted molar refractivity (Wildman–Crippen MR) is 58.4 cm³/mol. The van der Waals surface area contributed by atoms with Crippen molar-refractivity contribution >= 4 is 12.0 Å². The molecule has 84 valence electrons. The third-order valence-electron chi connectivity index (χ3n) is 2.10. The SMILES string of the molecule is CC1(C)Oc2ccc(/C=C/C(=O)O)cc2O1. The van der Waals surface area contributed by atoms with Gasteiger partial charge < -0.3 is 14.6 Å². The van der Waals surface area contributed by atoms with E-state index < -0.39 is 11.8 Å².